The smallest absolute Gasteiger partial charge is 0.223 e. The third-order valence-corrected chi connectivity index (χ3v) is 5.29. The van der Waals surface area contributed by atoms with Crippen LogP contribution < -0.4 is 4.74 Å². The fourth-order valence-corrected chi connectivity index (χ4v) is 3.51. The molecule has 1 heterocycles. The minimum atomic E-state index is -0.281. The third kappa shape index (κ3) is 6.04. The van der Waals surface area contributed by atoms with Gasteiger partial charge in [-0.1, -0.05) is 24.3 Å². The molecule has 5 nitrogen and oxygen atoms in total. The fourth-order valence-electron chi connectivity index (χ4n) is 3.51. The molecule has 3 rings (SSSR count). The first-order chi connectivity index (χ1) is 14.0. The van der Waals surface area contributed by atoms with E-state index in [2.05, 4.69) is 0 Å². The summed E-state index contributed by atoms with van der Waals surface area (Å²) in [6.07, 6.45) is 2.03. The number of benzene rings is 2. The van der Waals surface area contributed by atoms with Gasteiger partial charge in [0, 0.05) is 39.0 Å². The number of aryl methyl sites for hydroxylation is 2. The van der Waals surface area contributed by atoms with E-state index in [4.69, 9.17) is 4.74 Å². The van der Waals surface area contributed by atoms with Crippen LogP contribution in [0, 0.1) is 5.82 Å². The highest BCUT2D eigenvalue weighted by Crippen LogP contribution is 2.14. The van der Waals surface area contributed by atoms with Gasteiger partial charge in [-0.2, -0.15) is 0 Å². The Bertz CT molecular complexity index is 830. The average molecular weight is 398 g/mol. The molecular formula is C23H27FN2O3. The molecule has 29 heavy (non-hydrogen) atoms. The monoisotopic (exact) mass is 398 g/mol. The van der Waals surface area contributed by atoms with Crippen molar-refractivity contribution in [3.8, 4) is 5.75 Å². The van der Waals surface area contributed by atoms with Crippen molar-refractivity contribution in [1.29, 1.82) is 0 Å². The lowest BCUT2D eigenvalue weighted by atomic mass is 10.1. The summed E-state index contributed by atoms with van der Waals surface area (Å²) in [4.78, 5) is 28.5. The van der Waals surface area contributed by atoms with E-state index in [1.807, 2.05) is 35.2 Å². The van der Waals surface area contributed by atoms with E-state index in [1.54, 1.807) is 18.1 Å². The Kier molecular flexibility index (Phi) is 7.22. The molecule has 1 aliphatic rings. The maximum atomic E-state index is 13.2. The summed E-state index contributed by atoms with van der Waals surface area (Å²) in [6, 6.07) is 14.1. The Hall–Kier alpha value is -2.89. The standard InChI is InChI=1S/C23H27FN2O3/c1-29-21-9-5-18(6-10-21)7-11-22(27)25-13-15-26(16-14-25)23(28)12-8-19-3-2-4-20(24)17-19/h2-6,9-10,17H,7-8,11-16H2,1H3. The zero-order valence-corrected chi connectivity index (χ0v) is 16.8. The van der Waals surface area contributed by atoms with Crippen molar-refractivity contribution in [2.45, 2.75) is 25.7 Å². The second-order valence-electron chi connectivity index (χ2n) is 7.24. The lowest BCUT2D eigenvalue weighted by Crippen LogP contribution is -2.50. The van der Waals surface area contributed by atoms with Crippen LogP contribution in [0.25, 0.3) is 0 Å². The summed E-state index contributed by atoms with van der Waals surface area (Å²) >= 11 is 0. The van der Waals surface area contributed by atoms with Crippen LogP contribution in [0.5, 0.6) is 5.75 Å². The van der Waals surface area contributed by atoms with Gasteiger partial charge in [0.15, 0.2) is 0 Å². The molecule has 0 unspecified atom stereocenters. The topological polar surface area (TPSA) is 49.9 Å². The molecule has 2 amide bonds. The minimum Gasteiger partial charge on any atom is -0.497 e. The number of amides is 2. The minimum absolute atomic E-state index is 0.0552. The van der Waals surface area contributed by atoms with E-state index < -0.39 is 0 Å². The van der Waals surface area contributed by atoms with Gasteiger partial charge in [-0.3, -0.25) is 9.59 Å². The lowest BCUT2D eigenvalue weighted by Gasteiger charge is -2.35. The molecule has 0 aromatic heterocycles. The van der Waals surface area contributed by atoms with Crippen LogP contribution in [0.3, 0.4) is 0 Å². The molecule has 0 spiro atoms. The molecule has 0 radical (unpaired) electrons. The second-order valence-corrected chi connectivity index (χ2v) is 7.24. The number of rotatable bonds is 7. The van der Waals surface area contributed by atoms with Crippen LogP contribution in [0.2, 0.25) is 0 Å². The molecule has 0 aliphatic carbocycles. The van der Waals surface area contributed by atoms with Crippen molar-refractivity contribution < 1.29 is 18.7 Å². The quantitative estimate of drug-likeness (QED) is 0.720. The van der Waals surface area contributed by atoms with Gasteiger partial charge in [-0.05, 0) is 48.2 Å². The number of halogens is 1. The molecule has 154 valence electrons. The Morgan fingerprint density at radius 3 is 1.93 bits per heavy atom. The summed E-state index contributed by atoms with van der Waals surface area (Å²) in [5.74, 6) is 0.697. The van der Waals surface area contributed by atoms with E-state index in [-0.39, 0.29) is 17.6 Å². The average Bonchev–Trinajstić information content (AvgIpc) is 2.76. The molecule has 2 aromatic carbocycles. The first kappa shape index (κ1) is 20.8. The molecule has 0 saturated carbocycles. The van der Waals surface area contributed by atoms with Crippen molar-refractivity contribution in [2.75, 3.05) is 33.3 Å². The normalized spacial score (nSPS) is 14.0. The molecular weight excluding hydrogens is 371 g/mol. The largest absolute Gasteiger partial charge is 0.497 e. The lowest BCUT2D eigenvalue weighted by molar-refractivity contribution is -0.139. The Balaban J connectivity index is 1.39. The fraction of sp³-hybridized carbons (Fsp3) is 0.391. The van der Waals surface area contributed by atoms with Crippen LogP contribution >= 0.6 is 0 Å². The molecule has 2 aromatic rings. The summed E-state index contributed by atoms with van der Waals surface area (Å²) in [5.41, 5.74) is 1.93. The highest BCUT2D eigenvalue weighted by atomic mass is 19.1. The van der Waals surface area contributed by atoms with Crippen molar-refractivity contribution in [1.82, 2.24) is 9.80 Å². The van der Waals surface area contributed by atoms with Gasteiger partial charge < -0.3 is 14.5 Å². The van der Waals surface area contributed by atoms with E-state index in [0.717, 1.165) is 16.9 Å². The van der Waals surface area contributed by atoms with Crippen LogP contribution in [0.4, 0.5) is 4.39 Å². The zero-order valence-electron chi connectivity index (χ0n) is 16.8. The number of carbonyl (C=O) groups excluding carboxylic acids is 2. The van der Waals surface area contributed by atoms with Gasteiger partial charge in [-0.15, -0.1) is 0 Å². The zero-order chi connectivity index (χ0) is 20.6. The molecule has 0 bridgehead atoms. The van der Waals surface area contributed by atoms with E-state index in [0.29, 0.717) is 51.9 Å². The number of hydrogen-bond donors (Lipinski definition) is 0. The summed E-state index contributed by atoms with van der Waals surface area (Å²) in [5, 5.41) is 0. The summed E-state index contributed by atoms with van der Waals surface area (Å²) in [7, 11) is 1.63. The molecule has 0 atom stereocenters. The molecule has 1 aliphatic heterocycles. The van der Waals surface area contributed by atoms with Crippen molar-refractivity contribution >= 4 is 11.8 Å². The molecule has 1 fully saturated rings. The van der Waals surface area contributed by atoms with E-state index in [1.165, 1.54) is 12.1 Å². The number of piperazine rings is 1. The van der Waals surface area contributed by atoms with Crippen LogP contribution in [-0.4, -0.2) is 54.9 Å². The SMILES string of the molecule is COc1ccc(CCC(=O)N2CCN(C(=O)CCc3cccc(F)c3)CC2)cc1. The summed E-state index contributed by atoms with van der Waals surface area (Å²) in [6.45, 7) is 2.23. The van der Waals surface area contributed by atoms with Gasteiger partial charge in [-0.25, -0.2) is 4.39 Å². The highest BCUT2D eigenvalue weighted by molar-refractivity contribution is 5.78. The van der Waals surface area contributed by atoms with E-state index in [9.17, 15) is 14.0 Å². The maximum absolute atomic E-state index is 13.2. The number of methoxy groups -OCH3 is 1. The predicted octanol–water partition coefficient (Wildman–Crippen LogP) is 3.07. The van der Waals surface area contributed by atoms with Crippen LogP contribution in [0.1, 0.15) is 24.0 Å². The molecule has 0 N–H and O–H groups in total. The first-order valence-electron chi connectivity index (χ1n) is 9.98. The Morgan fingerprint density at radius 2 is 1.41 bits per heavy atom. The maximum Gasteiger partial charge on any atom is 0.223 e. The highest BCUT2D eigenvalue weighted by Gasteiger charge is 2.23. The predicted molar refractivity (Wildman–Crippen MR) is 109 cm³/mol. The number of hydrogen-bond acceptors (Lipinski definition) is 3. The van der Waals surface area contributed by atoms with Crippen molar-refractivity contribution in [2.24, 2.45) is 0 Å². The third-order valence-electron chi connectivity index (χ3n) is 5.29. The van der Waals surface area contributed by atoms with Gasteiger partial charge in [0.1, 0.15) is 11.6 Å². The first-order valence-corrected chi connectivity index (χ1v) is 9.98. The molecule has 6 heteroatoms. The van der Waals surface area contributed by atoms with Gasteiger partial charge >= 0.3 is 0 Å². The van der Waals surface area contributed by atoms with Crippen LogP contribution in [-0.2, 0) is 22.4 Å². The van der Waals surface area contributed by atoms with E-state index >= 15 is 0 Å². The van der Waals surface area contributed by atoms with Crippen molar-refractivity contribution in [3.63, 3.8) is 0 Å². The van der Waals surface area contributed by atoms with Gasteiger partial charge in [0.2, 0.25) is 11.8 Å². The summed E-state index contributed by atoms with van der Waals surface area (Å²) < 4.78 is 18.4. The number of ether oxygens (including phenoxy) is 1. The van der Waals surface area contributed by atoms with Crippen molar-refractivity contribution in [3.05, 3.63) is 65.5 Å². The number of nitrogens with zero attached hydrogens (tertiary/aromatic N) is 2. The van der Waals surface area contributed by atoms with Gasteiger partial charge in [0.05, 0.1) is 7.11 Å². The van der Waals surface area contributed by atoms with Gasteiger partial charge in [0.25, 0.3) is 0 Å². The second kappa shape index (κ2) is 10.0. The Morgan fingerprint density at radius 1 is 0.862 bits per heavy atom. The number of carbonyl (C=O) groups is 2. The Labute approximate surface area is 171 Å². The van der Waals surface area contributed by atoms with Crippen LogP contribution in [0.15, 0.2) is 48.5 Å². The molecule has 1 saturated heterocycles.